The zero-order valence-electron chi connectivity index (χ0n) is 30.6. The molecule has 0 amide bonds. The third kappa shape index (κ3) is 11.1. The molecular formula is C41H58O7Si. The van der Waals surface area contributed by atoms with Crippen molar-refractivity contribution in [2.75, 3.05) is 13.2 Å². The summed E-state index contributed by atoms with van der Waals surface area (Å²) in [5.74, 6) is -0.380. The van der Waals surface area contributed by atoms with Crippen LogP contribution in [-0.2, 0) is 52.7 Å². The van der Waals surface area contributed by atoms with E-state index < -0.39 is 38.8 Å². The van der Waals surface area contributed by atoms with Gasteiger partial charge in [-0.1, -0.05) is 133 Å². The molecule has 0 spiro atoms. The molecule has 49 heavy (non-hydrogen) atoms. The van der Waals surface area contributed by atoms with Crippen LogP contribution in [0.2, 0.25) is 16.6 Å². The minimum absolute atomic E-state index is 0.295. The molecule has 3 aromatic rings. The maximum absolute atomic E-state index is 12.6. The Morgan fingerprint density at radius 1 is 0.653 bits per heavy atom. The zero-order chi connectivity index (χ0) is 35.2. The summed E-state index contributed by atoms with van der Waals surface area (Å²) in [6, 6.07) is 30.2. The largest absolute Gasteiger partial charge is 0.457 e. The van der Waals surface area contributed by atoms with E-state index in [1.165, 1.54) is 6.92 Å². The standard InChI is InChI=1S/C41H58O7Si/c1-30(2)49(31(3)4,32(5)6)46-25-17-24-37-40(47-33(7)42)41(45-28-36-22-15-10-16-23-36)39(44-27-35-20-13-9-14-21-35)38(48-37)29-43-26-34-18-11-8-12-19-34/h8-16,18-23,30-32,37-41H,17,24-29H2,1-7H3/t37-,38+,39+,40-,41-/m0/s1. The van der Waals surface area contributed by atoms with Crippen LogP contribution in [0.3, 0.4) is 0 Å². The van der Waals surface area contributed by atoms with Gasteiger partial charge in [0.05, 0.1) is 32.5 Å². The van der Waals surface area contributed by atoms with E-state index in [0.29, 0.717) is 56.1 Å². The lowest BCUT2D eigenvalue weighted by molar-refractivity contribution is -0.267. The van der Waals surface area contributed by atoms with Gasteiger partial charge in [0, 0.05) is 13.5 Å². The van der Waals surface area contributed by atoms with Crippen molar-refractivity contribution in [3.8, 4) is 0 Å². The Hall–Kier alpha value is -2.85. The van der Waals surface area contributed by atoms with Gasteiger partial charge in [-0.2, -0.15) is 0 Å². The second-order valence-electron chi connectivity index (χ2n) is 14.1. The molecule has 0 N–H and O–H groups in total. The fourth-order valence-corrected chi connectivity index (χ4v) is 13.0. The normalized spacial score (nSPS) is 21.4. The van der Waals surface area contributed by atoms with E-state index in [4.69, 9.17) is 28.1 Å². The van der Waals surface area contributed by atoms with E-state index in [1.54, 1.807) is 0 Å². The Bertz CT molecular complexity index is 1330. The van der Waals surface area contributed by atoms with Gasteiger partial charge in [-0.3, -0.25) is 4.79 Å². The summed E-state index contributed by atoms with van der Waals surface area (Å²) in [7, 11) is -2.03. The van der Waals surface area contributed by atoms with E-state index in [2.05, 4.69) is 41.5 Å². The average molecular weight is 691 g/mol. The van der Waals surface area contributed by atoms with Gasteiger partial charge in [0.15, 0.2) is 14.4 Å². The average Bonchev–Trinajstić information content (AvgIpc) is 3.08. The first-order valence-corrected chi connectivity index (χ1v) is 20.1. The Labute approximate surface area is 295 Å². The Balaban J connectivity index is 1.60. The zero-order valence-corrected chi connectivity index (χ0v) is 31.6. The highest BCUT2D eigenvalue weighted by molar-refractivity contribution is 6.77. The van der Waals surface area contributed by atoms with Gasteiger partial charge in [-0.05, 0) is 46.2 Å². The second-order valence-corrected chi connectivity index (χ2v) is 19.6. The summed E-state index contributed by atoms with van der Waals surface area (Å²) in [5, 5.41) is 0. The molecule has 1 saturated heterocycles. The summed E-state index contributed by atoms with van der Waals surface area (Å²) in [5.41, 5.74) is 4.63. The van der Waals surface area contributed by atoms with Gasteiger partial charge in [-0.25, -0.2) is 0 Å². The molecule has 3 aromatic carbocycles. The summed E-state index contributed by atoms with van der Waals surface area (Å²) < 4.78 is 39.5. The SMILES string of the molecule is CC(=O)O[C@@H]1[C@@H](OCc2ccccc2)[C@H](OCc2ccccc2)[C@@H](COCc2ccccc2)O[C@H]1CCCO[Si](C(C)C)(C(C)C)C(C)C. The maximum atomic E-state index is 12.6. The minimum Gasteiger partial charge on any atom is -0.457 e. The number of benzene rings is 3. The van der Waals surface area contributed by atoms with E-state index in [1.807, 2.05) is 91.0 Å². The molecule has 1 heterocycles. The van der Waals surface area contributed by atoms with Crippen LogP contribution in [0.4, 0.5) is 0 Å². The molecule has 0 radical (unpaired) electrons. The molecule has 0 saturated carbocycles. The first kappa shape index (κ1) is 38.9. The predicted molar refractivity (Wildman–Crippen MR) is 197 cm³/mol. The number of ether oxygens (including phenoxy) is 5. The third-order valence-corrected chi connectivity index (χ3v) is 15.8. The summed E-state index contributed by atoms with van der Waals surface area (Å²) in [6.07, 6.45) is -1.29. The van der Waals surface area contributed by atoms with Crippen LogP contribution in [0.1, 0.15) is 78.0 Å². The first-order chi connectivity index (χ1) is 23.6. The highest BCUT2D eigenvalue weighted by atomic mass is 28.4. The molecular weight excluding hydrogens is 633 g/mol. The van der Waals surface area contributed by atoms with Crippen LogP contribution in [0.25, 0.3) is 0 Å². The molecule has 1 aliphatic heterocycles. The number of hydrogen-bond acceptors (Lipinski definition) is 7. The van der Waals surface area contributed by atoms with Crippen molar-refractivity contribution in [1.29, 1.82) is 0 Å². The van der Waals surface area contributed by atoms with Gasteiger partial charge in [0.2, 0.25) is 0 Å². The lowest BCUT2D eigenvalue weighted by Gasteiger charge is -2.46. The summed E-state index contributed by atoms with van der Waals surface area (Å²) >= 11 is 0. The Morgan fingerprint density at radius 3 is 1.59 bits per heavy atom. The van der Waals surface area contributed by atoms with Gasteiger partial charge in [-0.15, -0.1) is 0 Å². The van der Waals surface area contributed by atoms with Crippen LogP contribution in [-0.4, -0.2) is 58.0 Å². The molecule has 5 atom stereocenters. The van der Waals surface area contributed by atoms with Crippen molar-refractivity contribution in [2.24, 2.45) is 0 Å². The van der Waals surface area contributed by atoms with Crippen LogP contribution in [0, 0.1) is 0 Å². The quantitative estimate of drug-likeness (QED) is 0.0706. The molecule has 0 bridgehead atoms. The number of carbonyl (C=O) groups is 1. The fraction of sp³-hybridized carbons (Fsp3) is 0.537. The summed E-state index contributed by atoms with van der Waals surface area (Å²) in [6.45, 7) is 17.3. The third-order valence-electron chi connectivity index (χ3n) is 9.69. The number of esters is 1. The highest BCUT2D eigenvalue weighted by Crippen LogP contribution is 2.42. The molecule has 8 heteroatoms. The van der Waals surface area contributed by atoms with Gasteiger partial charge >= 0.3 is 5.97 Å². The fourth-order valence-electron chi connectivity index (χ4n) is 7.52. The highest BCUT2D eigenvalue weighted by Gasteiger charge is 2.49. The second kappa shape index (κ2) is 19.5. The van der Waals surface area contributed by atoms with Gasteiger partial charge in [0.1, 0.15) is 18.3 Å². The van der Waals surface area contributed by atoms with E-state index >= 15 is 0 Å². The van der Waals surface area contributed by atoms with Crippen molar-refractivity contribution in [1.82, 2.24) is 0 Å². The number of rotatable bonds is 19. The maximum Gasteiger partial charge on any atom is 0.303 e. The number of hydrogen-bond donors (Lipinski definition) is 0. The van der Waals surface area contributed by atoms with E-state index in [0.717, 1.165) is 23.1 Å². The van der Waals surface area contributed by atoms with Crippen molar-refractivity contribution < 1.29 is 32.9 Å². The van der Waals surface area contributed by atoms with Crippen molar-refractivity contribution >= 4 is 14.3 Å². The topological polar surface area (TPSA) is 72.5 Å². The smallest absolute Gasteiger partial charge is 0.303 e. The molecule has 268 valence electrons. The van der Waals surface area contributed by atoms with Crippen molar-refractivity contribution in [3.63, 3.8) is 0 Å². The molecule has 0 aliphatic carbocycles. The molecule has 0 unspecified atom stereocenters. The molecule has 0 aromatic heterocycles. The lowest BCUT2D eigenvalue weighted by atomic mass is 9.92. The van der Waals surface area contributed by atoms with E-state index in [9.17, 15) is 4.79 Å². The molecule has 7 nitrogen and oxygen atoms in total. The first-order valence-electron chi connectivity index (χ1n) is 18.0. The van der Waals surface area contributed by atoms with E-state index in [-0.39, 0.29) is 5.97 Å². The Morgan fingerprint density at radius 2 is 1.12 bits per heavy atom. The molecule has 4 rings (SSSR count). The van der Waals surface area contributed by atoms with Crippen LogP contribution in [0.5, 0.6) is 0 Å². The van der Waals surface area contributed by atoms with Crippen LogP contribution < -0.4 is 0 Å². The van der Waals surface area contributed by atoms with Gasteiger partial charge in [0.25, 0.3) is 0 Å². The van der Waals surface area contributed by atoms with Crippen LogP contribution >= 0.6 is 0 Å². The van der Waals surface area contributed by atoms with Crippen molar-refractivity contribution in [3.05, 3.63) is 108 Å². The molecule has 1 aliphatic rings. The molecule has 1 fully saturated rings. The van der Waals surface area contributed by atoms with Gasteiger partial charge < -0.3 is 28.1 Å². The predicted octanol–water partition coefficient (Wildman–Crippen LogP) is 9.05. The summed E-state index contributed by atoms with van der Waals surface area (Å²) in [4.78, 5) is 12.6. The number of carbonyl (C=O) groups excluding carboxylic acids is 1. The van der Waals surface area contributed by atoms with Crippen LogP contribution in [0.15, 0.2) is 91.0 Å². The van der Waals surface area contributed by atoms with Crippen molar-refractivity contribution in [2.45, 2.75) is 128 Å². The minimum atomic E-state index is -2.03. The monoisotopic (exact) mass is 690 g/mol. The lowest BCUT2D eigenvalue weighted by Crippen LogP contribution is -2.61. The Kier molecular flexibility index (Phi) is 15.5.